The highest BCUT2D eigenvalue weighted by atomic mass is 32.1. The molecule has 0 aliphatic carbocycles. The van der Waals surface area contributed by atoms with Crippen LogP contribution in [0.3, 0.4) is 0 Å². The second-order valence-electron chi connectivity index (χ2n) is 9.66. The van der Waals surface area contributed by atoms with Crippen LogP contribution in [-0.4, -0.2) is 41.9 Å². The summed E-state index contributed by atoms with van der Waals surface area (Å²) in [7, 11) is 1.65. The van der Waals surface area contributed by atoms with Crippen molar-refractivity contribution < 1.29 is 14.3 Å². The van der Waals surface area contributed by atoms with Gasteiger partial charge in [-0.2, -0.15) is 0 Å². The van der Waals surface area contributed by atoms with Gasteiger partial charge in [-0.3, -0.25) is 9.69 Å². The van der Waals surface area contributed by atoms with Crippen LogP contribution in [0.1, 0.15) is 39.2 Å². The molecule has 1 amide bonds. The zero-order valence-corrected chi connectivity index (χ0v) is 22.6. The summed E-state index contributed by atoms with van der Waals surface area (Å²) in [6, 6.07) is 30.7. The SMILES string of the molecule is COc1ccc(CN(C(=O)c2cccs2)C2CCN(Cc3ccccc3)CC2)cc1OCc1ccccc1. The van der Waals surface area contributed by atoms with Crippen molar-refractivity contribution in [1.29, 1.82) is 0 Å². The Morgan fingerprint density at radius 3 is 2.24 bits per heavy atom. The van der Waals surface area contributed by atoms with Crippen LogP contribution in [0.15, 0.2) is 96.4 Å². The third-order valence-corrected chi connectivity index (χ3v) is 7.92. The van der Waals surface area contributed by atoms with Gasteiger partial charge in [0.2, 0.25) is 0 Å². The number of ether oxygens (including phenoxy) is 2. The Hall–Kier alpha value is -3.61. The molecular weight excluding hydrogens is 492 g/mol. The lowest BCUT2D eigenvalue weighted by atomic mass is 10.0. The van der Waals surface area contributed by atoms with Crippen LogP contribution < -0.4 is 9.47 Å². The molecule has 0 N–H and O–H groups in total. The van der Waals surface area contributed by atoms with Crippen LogP contribution in [-0.2, 0) is 19.7 Å². The molecule has 1 saturated heterocycles. The first-order valence-corrected chi connectivity index (χ1v) is 14.0. The van der Waals surface area contributed by atoms with Crippen LogP contribution in [0, 0.1) is 0 Å². The number of hydrogen-bond donors (Lipinski definition) is 0. The number of carbonyl (C=O) groups excluding carboxylic acids is 1. The van der Waals surface area contributed by atoms with E-state index in [-0.39, 0.29) is 11.9 Å². The minimum atomic E-state index is 0.101. The predicted octanol–water partition coefficient (Wildman–Crippen LogP) is 6.64. The molecule has 1 aliphatic heterocycles. The first kappa shape index (κ1) is 26.0. The fraction of sp³-hybridized carbons (Fsp3) is 0.281. The molecule has 0 unspecified atom stereocenters. The molecular formula is C32H34N2O3S. The molecule has 0 radical (unpaired) electrons. The highest BCUT2D eigenvalue weighted by Gasteiger charge is 2.29. The van der Waals surface area contributed by atoms with Crippen LogP contribution in [0.25, 0.3) is 0 Å². The third-order valence-electron chi connectivity index (χ3n) is 7.06. The van der Waals surface area contributed by atoms with Crippen LogP contribution in [0.4, 0.5) is 0 Å². The molecule has 5 nitrogen and oxygen atoms in total. The molecule has 0 saturated carbocycles. The molecule has 0 atom stereocenters. The largest absolute Gasteiger partial charge is 0.493 e. The van der Waals surface area contributed by atoms with Gasteiger partial charge in [0.15, 0.2) is 11.5 Å². The van der Waals surface area contributed by atoms with Gasteiger partial charge in [-0.1, -0.05) is 72.8 Å². The van der Waals surface area contributed by atoms with Crippen molar-refractivity contribution in [2.45, 2.75) is 38.6 Å². The lowest BCUT2D eigenvalue weighted by molar-refractivity contribution is 0.0547. The summed E-state index contributed by atoms with van der Waals surface area (Å²) in [5, 5.41) is 1.97. The number of nitrogens with zero attached hydrogens (tertiary/aromatic N) is 2. The van der Waals surface area contributed by atoms with Crippen molar-refractivity contribution >= 4 is 17.2 Å². The van der Waals surface area contributed by atoms with E-state index >= 15 is 0 Å². The first-order valence-electron chi connectivity index (χ1n) is 13.1. The fourth-order valence-corrected chi connectivity index (χ4v) is 5.68. The van der Waals surface area contributed by atoms with Crippen molar-refractivity contribution in [3.63, 3.8) is 0 Å². The van der Waals surface area contributed by atoms with E-state index < -0.39 is 0 Å². The number of hydrogen-bond acceptors (Lipinski definition) is 5. The van der Waals surface area contributed by atoms with E-state index in [4.69, 9.17) is 9.47 Å². The van der Waals surface area contributed by atoms with Crippen LogP contribution in [0.5, 0.6) is 11.5 Å². The van der Waals surface area contributed by atoms with Gasteiger partial charge in [-0.15, -0.1) is 11.3 Å². The number of methoxy groups -OCH3 is 1. The third kappa shape index (κ3) is 6.63. The Balaban J connectivity index is 1.30. The van der Waals surface area contributed by atoms with E-state index in [2.05, 4.69) is 40.1 Å². The van der Waals surface area contributed by atoms with Crippen molar-refractivity contribution in [3.05, 3.63) is 118 Å². The minimum Gasteiger partial charge on any atom is -0.493 e. The van der Waals surface area contributed by atoms with E-state index in [0.717, 1.165) is 48.5 Å². The molecule has 6 heteroatoms. The Bertz CT molecular complexity index is 1290. The summed E-state index contributed by atoms with van der Waals surface area (Å²) in [6.45, 7) is 3.89. The summed E-state index contributed by atoms with van der Waals surface area (Å²) in [4.78, 5) is 19.0. The molecule has 196 valence electrons. The number of carbonyl (C=O) groups is 1. The first-order chi connectivity index (χ1) is 18.7. The van der Waals surface area contributed by atoms with Gasteiger partial charge in [0.1, 0.15) is 6.61 Å². The van der Waals surface area contributed by atoms with Gasteiger partial charge in [-0.05, 0) is 53.1 Å². The quantitative estimate of drug-likeness (QED) is 0.232. The van der Waals surface area contributed by atoms with E-state index in [9.17, 15) is 4.79 Å². The average molecular weight is 527 g/mol. The summed E-state index contributed by atoms with van der Waals surface area (Å²) in [5.41, 5.74) is 3.46. The van der Waals surface area contributed by atoms with Gasteiger partial charge in [-0.25, -0.2) is 0 Å². The normalized spacial score (nSPS) is 14.2. The van der Waals surface area contributed by atoms with Gasteiger partial charge in [0.05, 0.1) is 12.0 Å². The molecule has 0 spiro atoms. The maximum Gasteiger partial charge on any atom is 0.264 e. The van der Waals surface area contributed by atoms with E-state index in [1.165, 1.54) is 16.9 Å². The monoisotopic (exact) mass is 526 g/mol. The van der Waals surface area contributed by atoms with Gasteiger partial charge < -0.3 is 14.4 Å². The number of amides is 1. The highest BCUT2D eigenvalue weighted by Crippen LogP contribution is 2.31. The average Bonchev–Trinajstić information content (AvgIpc) is 3.51. The standard InChI is InChI=1S/C32H34N2O3S/c1-36-29-15-14-27(21-30(29)37-24-26-11-6-3-7-12-26)23-34(32(35)31-13-8-20-38-31)28-16-18-33(19-17-28)22-25-9-4-2-5-10-25/h2-15,20-21,28H,16-19,22-24H2,1H3. The van der Waals surface area contributed by atoms with Crippen molar-refractivity contribution in [2.24, 2.45) is 0 Å². The molecule has 3 aromatic carbocycles. The van der Waals surface area contributed by atoms with E-state index in [0.29, 0.717) is 24.7 Å². The molecule has 38 heavy (non-hydrogen) atoms. The molecule has 1 aromatic heterocycles. The minimum absolute atomic E-state index is 0.101. The lowest BCUT2D eigenvalue weighted by Gasteiger charge is -2.38. The second kappa shape index (κ2) is 12.8. The van der Waals surface area contributed by atoms with E-state index in [1.54, 1.807) is 7.11 Å². The molecule has 2 heterocycles. The van der Waals surface area contributed by atoms with Crippen molar-refractivity contribution in [1.82, 2.24) is 9.80 Å². The van der Waals surface area contributed by atoms with Gasteiger partial charge in [0.25, 0.3) is 5.91 Å². The smallest absolute Gasteiger partial charge is 0.264 e. The lowest BCUT2D eigenvalue weighted by Crippen LogP contribution is -2.46. The Labute approximate surface area is 229 Å². The van der Waals surface area contributed by atoms with Crippen molar-refractivity contribution in [2.75, 3.05) is 20.2 Å². The van der Waals surface area contributed by atoms with Gasteiger partial charge >= 0.3 is 0 Å². The summed E-state index contributed by atoms with van der Waals surface area (Å²) in [5.74, 6) is 1.48. The molecule has 1 aliphatic rings. The van der Waals surface area contributed by atoms with Gasteiger partial charge in [0, 0.05) is 32.2 Å². The van der Waals surface area contributed by atoms with Crippen LogP contribution in [0.2, 0.25) is 0 Å². The Morgan fingerprint density at radius 2 is 1.58 bits per heavy atom. The second-order valence-corrected chi connectivity index (χ2v) is 10.6. The fourth-order valence-electron chi connectivity index (χ4n) is 5.00. The summed E-state index contributed by atoms with van der Waals surface area (Å²) in [6.07, 6.45) is 1.91. The molecule has 0 bridgehead atoms. The molecule has 5 rings (SSSR count). The van der Waals surface area contributed by atoms with Crippen LogP contribution >= 0.6 is 11.3 Å². The topological polar surface area (TPSA) is 42.0 Å². The highest BCUT2D eigenvalue weighted by molar-refractivity contribution is 7.12. The number of rotatable bonds is 10. The number of thiophene rings is 1. The number of likely N-dealkylation sites (tertiary alicyclic amines) is 1. The zero-order chi connectivity index (χ0) is 26.2. The van der Waals surface area contributed by atoms with Crippen molar-refractivity contribution in [3.8, 4) is 11.5 Å². The predicted molar refractivity (Wildman–Crippen MR) is 153 cm³/mol. The Kier molecular flexibility index (Phi) is 8.74. The summed E-state index contributed by atoms with van der Waals surface area (Å²) < 4.78 is 11.7. The maximum atomic E-state index is 13.7. The number of benzene rings is 3. The zero-order valence-electron chi connectivity index (χ0n) is 21.8. The molecule has 4 aromatic rings. The van der Waals surface area contributed by atoms with E-state index in [1.807, 2.05) is 66.0 Å². The summed E-state index contributed by atoms with van der Waals surface area (Å²) >= 11 is 1.50. The molecule has 1 fully saturated rings. The number of piperidine rings is 1. The maximum absolute atomic E-state index is 13.7. The Morgan fingerprint density at radius 1 is 0.868 bits per heavy atom.